The molecule has 1 aromatic rings. The van der Waals surface area contributed by atoms with Gasteiger partial charge in [-0.25, -0.2) is 0 Å². The average molecular weight is 600 g/mol. The molecule has 11 nitrogen and oxygen atoms in total. The summed E-state index contributed by atoms with van der Waals surface area (Å²) in [6.07, 6.45) is 2.46. The highest BCUT2D eigenvalue weighted by Crippen LogP contribution is 2.22. The zero-order chi connectivity index (χ0) is 30.9. The van der Waals surface area contributed by atoms with Crippen LogP contribution in [-0.4, -0.2) is 108 Å². The van der Waals surface area contributed by atoms with Crippen molar-refractivity contribution < 1.29 is 29.0 Å². The Morgan fingerprint density at radius 3 is 2.49 bits per heavy atom. The lowest BCUT2D eigenvalue weighted by Gasteiger charge is -2.38. The average Bonchev–Trinajstić information content (AvgIpc) is 3.47. The third-order valence-corrected chi connectivity index (χ3v) is 8.61. The van der Waals surface area contributed by atoms with E-state index in [-0.39, 0.29) is 42.5 Å². The third-order valence-electron chi connectivity index (χ3n) is 8.61. The van der Waals surface area contributed by atoms with Crippen molar-refractivity contribution in [1.82, 2.24) is 25.8 Å². The summed E-state index contributed by atoms with van der Waals surface area (Å²) in [5.41, 5.74) is 0.897. The van der Waals surface area contributed by atoms with Crippen LogP contribution in [0.2, 0.25) is 0 Å². The molecule has 3 fully saturated rings. The second-order valence-electron chi connectivity index (χ2n) is 12.6. The SMILES string of the molecule is CCCCN1CC(=O)N[C@@H](Cc2ccccc2)C(=O)N2CCC[C@@H]2C(=O)N[C@H](CC(C)C)C(=O)N[C@H]2CCO[C@H](C1)[C@H]2O. The van der Waals surface area contributed by atoms with Gasteiger partial charge in [-0.05, 0) is 50.1 Å². The summed E-state index contributed by atoms with van der Waals surface area (Å²) in [5.74, 6) is -1.22. The van der Waals surface area contributed by atoms with Gasteiger partial charge in [0.25, 0.3) is 0 Å². The molecule has 4 N–H and O–H groups in total. The van der Waals surface area contributed by atoms with Crippen molar-refractivity contribution in [3.05, 3.63) is 35.9 Å². The molecule has 3 saturated heterocycles. The molecule has 11 heteroatoms. The van der Waals surface area contributed by atoms with Gasteiger partial charge in [-0.1, -0.05) is 57.5 Å². The summed E-state index contributed by atoms with van der Waals surface area (Å²) in [4.78, 5) is 58.2. The zero-order valence-electron chi connectivity index (χ0n) is 25.8. The van der Waals surface area contributed by atoms with Crippen LogP contribution in [0.25, 0.3) is 0 Å². The summed E-state index contributed by atoms with van der Waals surface area (Å²) in [7, 11) is 0. The van der Waals surface area contributed by atoms with Gasteiger partial charge >= 0.3 is 0 Å². The molecule has 6 atom stereocenters. The van der Waals surface area contributed by atoms with Crippen LogP contribution in [0.4, 0.5) is 0 Å². The van der Waals surface area contributed by atoms with Gasteiger partial charge in [0, 0.05) is 26.1 Å². The second-order valence-corrected chi connectivity index (χ2v) is 12.6. The second kappa shape index (κ2) is 15.6. The van der Waals surface area contributed by atoms with Crippen molar-refractivity contribution in [2.75, 3.05) is 32.8 Å². The number of aliphatic hydroxyl groups is 1. The monoisotopic (exact) mass is 599 g/mol. The molecular weight excluding hydrogens is 550 g/mol. The Morgan fingerprint density at radius 2 is 1.77 bits per heavy atom. The van der Waals surface area contributed by atoms with Gasteiger partial charge in [0.2, 0.25) is 23.6 Å². The lowest BCUT2D eigenvalue weighted by Crippen LogP contribution is -2.60. The molecular formula is C32H49N5O6. The minimum atomic E-state index is -0.978. The fourth-order valence-corrected chi connectivity index (χ4v) is 6.31. The number of unbranched alkanes of at least 4 members (excludes halogenated alkanes) is 1. The Bertz CT molecular complexity index is 1100. The van der Waals surface area contributed by atoms with Crippen molar-refractivity contribution >= 4 is 23.6 Å². The van der Waals surface area contributed by atoms with E-state index in [2.05, 4.69) is 22.9 Å². The lowest BCUT2D eigenvalue weighted by atomic mass is 9.97. The molecule has 0 saturated carbocycles. The molecule has 43 heavy (non-hydrogen) atoms. The minimum Gasteiger partial charge on any atom is -0.388 e. The van der Waals surface area contributed by atoms with Crippen LogP contribution < -0.4 is 16.0 Å². The summed E-state index contributed by atoms with van der Waals surface area (Å²) < 4.78 is 5.94. The Labute approximate surface area is 255 Å². The van der Waals surface area contributed by atoms with E-state index >= 15 is 0 Å². The Kier molecular flexibility index (Phi) is 12.0. The van der Waals surface area contributed by atoms with E-state index in [0.717, 1.165) is 18.4 Å². The van der Waals surface area contributed by atoms with Crippen LogP contribution in [0.1, 0.15) is 64.9 Å². The minimum absolute atomic E-state index is 0.0303. The molecule has 0 radical (unpaired) electrons. The van der Waals surface area contributed by atoms with Crippen molar-refractivity contribution in [3.63, 3.8) is 0 Å². The van der Waals surface area contributed by atoms with Crippen LogP contribution in [0, 0.1) is 5.92 Å². The highest BCUT2D eigenvalue weighted by atomic mass is 16.5. The molecule has 3 aliphatic heterocycles. The van der Waals surface area contributed by atoms with Gasteiger partial charge in [-0.15, -0.1) is 0 Å². The molecule has 0 aliphatic carbocycles. The number of benzene rings is 1. The van der Waals surface area contributed by atoms with Crippen LogP contribution in [0.5, 0.6) is 0 Å². The van der Waals surface area contributed by atoms with Crippen molar-refractivity contribution in [3.8, 4) is 0 Å². The Balaban J connectivity index is 1.66. The maximum atomic E-state index is 14.0. The number of fused-ring (bicyclic) bond motifs is 3. The van der Waals surface area contributed by atoms with Crippen molar-refractivity contribution in [1.29, 1.82) is 0 Å². The highest BCUT2D eigenvalue weighted by Gasteiger charge is 2.41. The summed E-state index contributed by atoms with van der Waals surface area (Å²) in [6, 6.07) is 6.55. The molecule has 1 aromatic carbocycles. The smallest absolute Gasteiger partial charge is 0.246 e. The van der Waals surface area contributed by atoms with Crippen LogP contribution in [0.3, 0.4) is 0 Å². The number of nitrogens with one attached hydrogen (secondary N) is 3. The highest BCUT2D eigenvalue weighted by molar-refractivity contribution is 5.95. The normalized spacial score (nSPS) is 29.9. The number of hydrogen-bond donors (Lipinski definition) is 4. The summed E-state index contributed by atoms with van der Waals surface area (Å²) in [5, 5.41) is 20.1. The van der Waals surface area contributed by atoms with Crippen LogP contribution in [0.15, 0.2) is 30.3 Å². The molecule has 4 amide bonds. The van der Waals surface area contributed by atoms with E-state index in [1.54, 1.807) is 4.90 Å². The maximum Gasteiger partial charge on any atom is 0.246 e. The molecule has 2 bridgehead atoms. The van der Waals surface area contributed by atoms with E-state index in [1.165, 1.54) is 0 Å². The quantitative estimate of drug-likeness (QED) is 0.367. The molecule has 238 valence electrons. The van der Waals surface area contributed by atoms with E-state index < -0.39 is 36.4 Å². The zero-order valence-corrected chi connectivity index (χ0v) is 25.8. The molecule has 0 spiro atoms. The van der Waals surface area contributed by atoms with Crippen molar-refractivity contribution in [2.45, 2.75) is 102 Å². The fourth-order valence-electron chi connectivity index (χ4n) is 6.31. The van der Waals surface area contributed by atoms with Crippen LogP contribution in [-0.2, 0) is 30.3 Å². The number of ether oxygens (including phenoxy) is 1. The third kappa shape index (κ3) is 9.00. The Hall–Kier alpha value is -3.02. The number of aliphatic hydroxyl groups excluding tert-OH is 1. The first-order chi connectivity index (χ1) is 20.7. The fraction of sp³-hybridized carbons (Fsp3) is 0.688. The van der Waals surface area contributed by atoms with Gasteiger partial charge in [-0.2, -0.15) is 0 Å². The lowest BCUT2D eigenvalue weighted by molar-refractivity contribution is -0.142. The van der Waals surface area contributed by atoms with E-state index in [1.807, 2.05) is 49.1 Å². The van der Waals surface area contributed by atoms with Crippen molar-refractivity contribution in [2.24, 2.45) is 5.92 Å². The predicted molar refractivity (Wildman–Crippen MR) is 162 cm³/mol. The number of carbonyl (C=O) groups is 4. The predicted octanol–water partition coefficient (Wildman–Crippen LogP) is 0.986. The number of carbonyl (C=O) groups excluding carboxylic acids is 4. The van der Waals surface area contributed by atoms with Gasteiger partial charge in [0.05, 0.1) is 18.7 Å². The summed E-state index contributed by atoms with van der Waals surface area (Å²) >= 11 is 0. The van der Waals surface area contributed by atoms with Gasteiger partial charge in [0.1, 0.15) is 24.2 Å². The van der Waals surface area contributed by atoms with Gasteiger partial charge in [0.15, 0.2) is 0 Å². The molecule has 0 unspecified atom stereocenters. The molecule has 3 heterocycles. The maximum absolute atomic E-state index is 14.0. The number of nitrogens with zero attached hydrogens (tertiary/aromatic N) is 2. The number of rotatable bonds is 7. The largest absolute Gasteiger partial charge is 0.388 e. The van der Waals surface area contributed by atoms with Gasteiger partial charge < -0.3 is 30.7 Å². The summed E-state index contributed by atoms with van der Waals surface area (Å²) in [6.45, 7) is 7.74. The first kappa shape index (κ1) is 32.9. The van der Waals surface area contributed by atoms with Crippen LogP contribution >= 0.6 is 0 Å². The Morgan fingerprint density at radius 1 is 1.00 bits per heavy atom. The van der Waals surface area contributed by atoms with E-state index in [9.17, 15) is 24.3 Å². The number of amides is 4. The molecule has 0 aromatic heterocycles. The molecule has 4 rings (SSSR count). The van der Waals surface area contributed by atoms with E-state index in [0.29, 0.717) is 51.9 Å². The first-order valence-electron chi connectivity index (χ1n) is 15.9. The van der Waals surface area contributed by atoms with Gasteiger partial charge in [-0.3, -0.25) is 24.1 Å². The topological polar surface area (TPSA) is 140 Å². The standard InChI is InChI=1S/C32H49N5O6/c1-4-5-14-36-19-27-29(39)23(13-16-43-27)34-30(40)24(17-21(2)3)35-31(41)26-12-9-15-37(26)32(42)25(33-28(38)20-36)18-22-10-7-6-8-11-22/h6-8,10-11,21,23-27,29,39H,4-5,9,12-20H2,1-3H3,(H,33,38)(H,34,40)(H,35,41)/t23-,24+,25-,26+,27+,29-/m0/s1. The first-order valence-corrected chi connectivity index (χ1v) is 15.9. The number of hydrogen-bond acceptors (Lipinski definition) is 7. The van der Waals surface area contributed by atoms with E-state index in [4.69, 9.17) is 4.74 Å². The molecule has 3 aliphatic rings.